The topological polar surface area (TPSA) is 76.5 Å². The number of hydrogen-bond acceptors (Lipinski definition) is 5. The molecule has 0 unspecified atom stereocenters. The van der Waals surface area contributed by atoms with Crippen LogP contribution in [0.5, 0.6) is 0 Å². The number of carbonyl (C=O) groups is 1. The number of hydrogen-bond donors (Lipinski definition) is 1. The second-order valence-electron chi connectivity index (χ2n) is 8.21. The second kappa shape index (κ2) is 8.67. The van der Waals surface area contributed by atoms with Crippen LogP contribution in [0, 0.1) is 5.92 Å². The zero-order valence-electron chi connectivity index (χ0n) is 17.5. The summed E-state index contributed by atoms with van der Waals surface area (Å²) < 4.78 is 2.26. The lowest BCUT2D eigenvalue weighted by Crippen LogP contribution is -2.22. The minimum Gasteiger partial charge on any atom is -0.360 e. The van der Waals surface area contributed by atoms with Crippen molar-refractivity contribution in [1.82, 2.24) is 24.7 Å². The Morgan fingerprint density at radius 3 is 2.87 bits per heavy atom. The van der Waals surface area contributed by atoms with Crippen molar-refractivity contribution < 1.29 is 4.79 Å². The minimum atomic E-state index is 0.0941. The Morgan fingerprint density at radius 2 is 2.03 bits per heavy atom. The van der Waals surface area contributed by atoms with Gasteiger partial charge in [-0.2, -0.15) is 0 Å². The number of pyridine rings is 1. The molecule has 158 valence electrons. The molecular formula is C24H25N5OS. The maximum Gasteiger partial charge on any atom is 0.192 e. The fourth-order valence-corrected chi connectivity index (χ4v) is 5.43. The first-order valence-corrected chi connectivity index (χ1v) is 11.8. The van der Waals surface area contributed by atoms with Gasteiger partial charge in [0.1, 0.15) is 0 Å². The van der Waals surface area contributed by atoms with Crippen molar-refractivity contribution >= 4 is 28.4 Å². The predicted molar refractivity (Wildman–Crippen MR) is 123 cm³/mol. The maximum absolute atomic E-state index is 13.0. The number of aromatic nitrogens is 5. The van der Waals surface area contributed by atoms with Crippen molar-refractivity contribution in [3.8, 4) is 11.4 Å². The number of carbonyl (C=O) groups excluding carboxylic acids is 1. The van der Waals surface area contributed by atoms with Crippen molar-refractivity contribution in [2.45, 2.75) is 43.8 Å². The molecular weight excluding hydrogens is 406 g/mol. The quantitative estimate of drug-likeness (QED) is 0.320. The molecule has 0 amide bonds. The Bertz CT molecular complexity index is 1200. The first-order valence-electron chi connectivity index (χ1n) is 10.8. The lowest BCUT2D eigenvalue weighted by Gasteiger charge is -2.31. The molecule has 1 fully saturated rings. The number of thioether (sulfide) groups is 1. The number of para-hydroxylation sites is 1. The summed E-state index contributed by atoms with van der Waals surface area (Å²) in [5, 5.41) is 10.8. The smallest absolute Gasteiger partial charge is 0.192 e. The molecule has 1 saturated carbocycles. The van der Waals surface area contributed by atoms with Crippen LogP contribution in [-0.2, 0) is 0 Å². The average Bonchev–Trinajstić information content (AvgIpc) is 3.43. The molecule has 7 heteroatoms. The van der Waals surface area contributed by atoms with Gasteiger partial charge in [-0.25, -0.2) is 0 Å². The van der Waals surface area contributed by atoms with E-state index in [1.807, 2.05) is 48.8 Å². The second-order valence-corrected chi connectivity index (χ2v) is 9.15. The van der Waals surface area contributed by atoms with Crippen molar-refractivity contribution in [2.24, 2.45) is 5.92 Å². The number of H-pyrrole nitrogens is 1. The molecule has 0 saturated heterocycles. The van der Waals surface area contributed by atoms with Gasteiger partial charge in [0, 0.05) is 46.7 Å². The Kier molecular flexibility index (Phi) is 5.59. The molecule has 0 radical (unpaired) electrons. The Hall–Kier alpha value is -2.93. The third-order valence-corrected chi connectivity index (χ3v) is 7.15. The third kappa shape index (κ3) is 3.90. The molecule has 1 aliphatic rings. The van der Waals surface area contributed by atoms with Crippen LogP contribution in [0.4, 0.5) is 0 Å². The van der Waals surface area contributed by atoms with E-state index in [9.17, 15) is 4.79 Å². The van der Waals surface area contributed by atoms with Gasteiger partial charge in [-0.3, -0.25) is 14.3 Å². The first kappa shape index (κ1) is 20.0. The Labute approximate surface area is 185 Å². The van der Waals surface area contributed by atoms with Crippen LogP contribution in [0.3, 0.4) is 0 Å². The van der Waals surface area contributed by atoms with Gasteiger partial charge in [-0.05, 0) is 37.0 Å². The van der Waals surface area contributed by atoms with Crippen LogP contribution in [-0.4, -0.2) is 36.3 Å². The summed E-state index contributed by atoms with van der Waals surface area (Å²) in [6, 6.07) is 12.2. The van der Waals surface area contributed by atoms with E-state index in [2.05, 4.69) is 31.7 Å². The van der Waals surface area contributed by atoms with Crippen LogP contribution >= 0.6 is 11.8 Å². The summed E-state index contributed by atoms with van der Waals surface area (Å²) in [5.74, 6) is 1.81. The van der Waals surface area contributed by atoms with Gasteiger partial charge in [-0.1, -0.05) is 49.7 Å². The van der Waals surface area contributed by atoms with Crippen LogP contribution < -0.4 is 0 Å². The molecule has 31 heavy (non-hydrogen) atoms. The van der Waals surface area contributed by atoms with E-state index in [0.717, 1.165) is 39.4 Å². The van der Waals surface area contributed by atoms with Crippen molar-refractivity contribution in [1.29, 1.82) is 0 Å². The van der Waals surface area contributed by atoms with E-state index in [-0.39, 0.29) is 5.78 Å². The van der Waals surface area contributed by atoms with Crippen molar-refractivity contribution in [2.75, 3.05) is 5.75 Å². The van der Waals surface area contributed by atoms with Gasteiger partial charge in [0.05, 0.1) is 5.75 Å². The van der Waals surface area contributed by atoms with Crippen molar-refractivity contribution in [3.63, 3.8) is 0 Å². The van der Waals surface area contributed by atoms with Gasteiger partial charge in [0.2, 0.25) is 0 Å². The summed E-state index contributed by atoms with van der Waals surface area (Å²) in [5.41, 5.74) is 2.67. The standard InChI is InChI=1S/C24H25N5OS/c1-16-7-2-5-11-21(16)29-23(17-8-6-12-25-13-17)27-28-24(29)31-15-22(30)19-14-26-20-10-4-3-9-18(19)20/h3-4,6,8-10,12-14,16,21,26H,2,5,7,11,15H2,1H3/t16-,21+/m1/s1. The highest BCUT2D eigenvalue weighted by Crippen LogP contribution is 2.39. The highest BCUT2D eigenvalue weighted by Gasteiger charge is 2.29. The molecule has 2 atom stereocenters. The highest BCUT2D eigenvalue weighted by atomic mass is 32.2. The van der Waals surface area contributed by atoms with Gasteiger partial charge in [0.15, 0.2) is 16.8 Å². The fourth-order valence-electron chi connectivity index (χ4n) is 4.56. The number of benzene rings is 1. The Morgan fingerprint density at radius 1 is 1.16 bits per heavy atom. The maximum atomic E-state index is 13.0. The number of nitrogens with zero attached hydrogens (tertiary/aromatic N) is 4. The van der Waals surface area contributed by atoms with E-state index in [0.29, 0.717) is 17.7 Å². The van der Waals surface area contributed by atoms with Crippen LogP contribution in [0.1, 0.15) is 49.0 Å². The van der Waals surface area contributed by atoms with Crippen LogP contribution in [0.15, 0.2) is 60.1 Å². The summed E-state index contributed by atoms with van der Waals surface area (Å²) in [4.78, 5) is 20.5. The average molecular weight is 432 g/mol. The number of aromatic amines is 1. The molecule has 0 bridgehead atoms. The van der Waals surface area contributed by atoms with E-state index in [4.69, 9.17) is 0 Å². The van der Waals surface area contributed by atoms with Gasteiger partial charge in [-0.15, -0.1) is 10.2 Å². The van der Waals surface area contributed by atoms with Crippen molar-refractivity contribution in [3.05, 3.63) is 60.6 Å². The zero-order valence-corrected chi connectivity index (χ0v) is 18.3. The molecule has 0 aliphatic heterocycles. The molecule has 1 aromatic carbocycles. The molecule has 3 heterocycles. The monoisotopic (exact) mass is 431 g/mol. The number of fused-ring (bicyclic) bond motifs is 1. The molecule has 3 aromatic heterocycles. The van der Waals surface area contributed by atoms with Gasteiger partial charge in [0.25, 0.3) is 0 Å². The van der Waals surface area contributed by atoms with E-state index in [1.165, 1.54) is 31.0 Å². The number of rotatable bonds is 6. The zero-order chi connectivity index (χ0) is 21.2. The number of ketones is 1. The molecule has 0 spiro atoms. The number of nitrogens with one attached hydrogen (secondary N) is 1. The van der Waals surface area contributed by atoms with Gasteiger partial charge < -0.3 is 4.98 Å². The summed E-state index contributed by atoms with van der Waals surface area (Å²) in [6.07, 6.45) is 10.2. The van der Waals surface area contributed by atoms with Crippen LogP contribution in [0.25, 0.3) is 22.3 Å². The summed E-state index contributed by atoms with van der Waals surface area (Å²) >= 11 is 1.48. The lowest BCUT2D eigenvalue weighted by atomic mass is 9.85. The van der Waals surface area contributed by atoms with E-state index >= 15 is 0 Å². The molecule has 6 nitrogen and oxygen atoms in total. The minimum absolute atomic E-state index is 0.0941. The largest absolute Gasteiger partial charge is 0.360 e. The summed E-state index contributed by atoms with van der Waals surface area (Å²) in [7, 11) is 0. The van der Waals surface area contributed by atoms with E-state index < -0.39 is 0 Å². The third-order valence-electron chi connectivity index (χ3n) is 6.20. The molecule has 4 aromatic rings. The Balaban J connectivity index is 1.45. The lowest BCUT2D eigenvalue weighted by molar-refractivity contribution is 0.102. The predicted octanol–water partition coefficient (Wildman–Crippen LogP) is 5.55. The van der Waals surface area contributed by atoms with E-state index in [1.54, 1.807) is 6.20 Å². The van der Waals surface area contributed by atoms with Crippen LogP contribution in [0.2, 0.25) is 0 Å². The SMILES string of the molecule is C[C@@H]1CCCC[C@@H]1n1c(SCC(=O)c2c[nH]c3ccccc23)nnc1-c1cccnc1. The fraction of sp³-hybridized carbons (Fsp3) is 0.333. The van der Waals surface area contributed by atoms with Gasteiger partial charge >= 0.3 is 0 Å². The summed E-state index contributed by atoms with van der Waals surface area (Å²) in [6.45, 7) is 2.31. The normalized spacial score (nSPS) is 19.0. The molecule has 1 N–H and O–H groups in total. The number of Topliss-reactive ketones (excluding diaryl/α,β-unsaturated/α-hetero) is 1. The molecule has 5 rings (SSSR count). The molecule has 1 aliphatic carbocycles. The highest BCUT2D eigenvalue weighted by molar-refractivity contribution is 7.99. The first-order chi connectivity index (χ1) is 15.2.